The Kier molecular flexibility index (Phi) is 3.57. The first-order chi connectivity index (χ1) is 8.92. The summed E-state index contributed by atoms with van der Waals surface area (Å²) in [5.74, 6) is -0.163. The molecule has 0 aliphatic heterocycles. The van der Waals surface area contributed by atoms with E-state index in [0.29, 0.717) is 6.54 Å². The van der Waals surface area contributed by atoms with Crippen molar-refractivity contribution in [3.63, 3.8) is 0 Å². The number of nitrogens with one attached hydrogen (secondary N) is 1. The lowest BCUT2D eigenvalue weighted by Gasteiger charge is -2.18. The summed E-state index contributed by atoms with van der Waals surface area (Å²) in [6.45, 7) is 1.98. The molecule has 2 rings (SSSR count). The first kappa shape index (κ1) is 13.5. The summed E-state index contributed by atoms with van der Waals surface area (Å²) in [6.07, 6.45) is 1.46. The number of amides is 2. The number of nitrogens with zero attached hydrogens (tertiary/aromatic N) is 1. The highest BCUT2D eigenvalue weighted by Gasteiger charge is 2.46. The molecule has 0 atom stereocenters. The molecule has 1 aromatic rings. The molecule has 0 saturated heterocycles. The minimum atomic E-state index is -0.695. The summed E-state index contributed by atoms with van der Waals surface area (Å²) in [5.41, 5.74) is 6.79. The van der Waals surface area contributed by atoms with Gasteiger partial charge in [-0.25, -0.2) is 0 Å². The van der Waals surface area contributed by atoms with Gasteiger partial charge in [0.15, 0.2) is 0 Å². The quantitative estimate of drug-likeness (QED) is 0.852. The van der Waals surface area contributed by atoms with E-state index in [9.17, 15) is 9.59 Å². The zero-order valence-electron chi connectivity index (χ0n) is 11.3. The number of anilines is 1. The van der Waals surface area contributed by atoms with Gasteiger partial charge in [0.2, 0.25) is 11.8 Å². The van der Waals surface area contributed by atoms with Gasteiger partial charge in [0.25, 0.3) is 0 Å². The van der Waals surface area contributed by atoms with Crippen LogP contribution in [0.1, 0.15) is 25.3 Å². The van der Waals surface area contributed by atoms with Gasteiger partial charge in [-0.2, -0.15) is 0 Å². The fourth-order valence-electron chi connectivity index (χ4n) is 1.76. The highest BCUT2D eigenvalue weighted by Crippen LogP contribution is 2.33. The Morgan fingerprint density at radius 1 is 1.37 bits per heavy atom. The summed E-state index contributed by atoms with van der Waals surface area (Å²) in [6, 6.07) is 7.45. The standard InChI is InChI=1S/C14H19N3O2/c1-10(18)17(2)9-11-5-3-4-6-12(11)16-13(19)14(15)7-8-14/h3-6H,7-9,15H2,1-2H3,(H,16,19). The smallest absolute Gasteiger partial charge is 0.244 e. The van der Waals surface area contributed by atoms with E-state index in [4.69, 9.17) is 5.73 Å². The number of hydrogen-bond acceptors (Lipinski definition) is 3. The molecule has 1 aromatic carbocycles. The highest BCUT2D eigenvalue weighted by molar-refractivity contribution is 6.00. The van der Waals surface area contributed by atoms with Crippen molar-refractivity contribution in [2.24, 2.45) is 5.73 Å². The first-order valence-corrected chi connectivity index (χ1v) is 6.32. The predicted octanol–water partition coefficient (Wildman–Crippen LogP) is 1.09. The van der Waals surface area contributed by atoms with Crippen LogP contribution in [0, 0.1) is 0 Å². The van der Waals surface area contributed by atoms with Crippen molar-refractivity contribution in [2.45, 2.75) is 31.8 Å². The number of nitrogens with two attached hydrogens (primary N) is 1. The van der Waals surface area contributed by atoms with Crippen molar-refractivity contribution in [1.29, 1.82) is 0 Å². The van der Waals surface area contributed by atoms with E-state index in [1.165, 1.54) is 6.92 Å². The summed E-state index contributed by atoms with van der Waals surface area (Å²) < 4.78 is 0. The SMILES string of the molecule is CC(=O)N(C)Cc1ccccc1NC(=O)C1(N)CC1. The zero-order chi connectivity index (χ0) is 14.0. The Balaban J connectivity index is 2.12. The molecule has 0 aromatic heterocycles. The maximum Gasteiger partial charge on any atom is 0.244 e. The van der Waals surface area contributed by atoms with Crippen molar-refractivity contribution >= 4 is 17.5 Å². The molecule has 3 N–H and O–H groups in total. The van der Waals surface area contributed by atoms with Crippen LogP contribution in [0.4, 0.5) is 5.69 Å². The summed E-state index contributed by atoms with van der Waals surface area (Å²) >= 11 is 0. The molecule has 1 fully saturated rings. The fourth-order valence-corrected chi connectivity index (χ4v) is 1.76. The van der Waals surface area contributed by atoms with Crippen LogP contribution in [-0.2, 0) is 16.1 Å². The van der Waals surface area contributed by atoms with Crippen LogP contribution >= 0.6 is 0 Å². The zero-order valence-corrected chi connectivity index (χ0v) is 11.3. The predicted molar refractivity (Wildman–Crippen MR) is 73.4 cm³/mol. The molecule has 0 spiro atoms. The minimum absolute atomic E-state index is 0.0152. The molecular formula is C14H19N3O2. The molecule has 0 unspecified atom stereocenters. The van der Waals surface area contributed by atoms with Gasteiger partial charge >= 0.3 is 0 Å². The molecule has 2 amide bonds. The first-order valence-electron chi connectivity index (χ1n) is 6.32. The monoisotopic (exact) mass is 261 g/mol. The second-order valence-corrected chi connectivity index (χ2v) is 5.14. The van der Waals surface area contributed by atoms with Gasteiger partial charge < -0.3 is 16.0 Å². The molecule has 1 saturated carbocycles. The minimum Gasteiger partial charge on any atom is -0.342 e. The average Bonchev–Trinajstić information content (AvgIpc) is 3.11. The molecule has 5 heteroatoms. The van der Waals surface area contributed by atoms with Crippen LogP contribution in [0.2, 0.25) is 0 Å². The van der Waals surface area contributed by atoms with E-state index >= 15 is 0 Å². The molecule has 1 aliphatic carbocycles. The maximum atomic E-state index is 12.0. The number of rotatable bonds is 4. The third-order valence-corrected chi connectivity index (χ3v) is 3.45. The number of carbonyl (C=O) groups is 2. The van der Waals surface area contributed by atoms with Crippen LogP contribution in [0.15, 0.2) is 24.3 Å². The van der Waals surface area contributed by atoms with Gasteiger partial charge in [0, 0.05) is 26.2 Å². The van der Waals surface area contributed by atoms with Crippen LogP contribution in [0.3, 0.4) is 0 Å². The Hall–Kier alpha value is -1.88. The van der Waals surface area contributed by atoms with Crippen molar-refractivity contribution in [3.8, 4) is 0 Å². The van der Waals surface area contributed by atoms with Gasteiger partial charge in [-0.15, -0.1) is 0 Å². The van der Waals surface area contributed by atoms with E-state index in [0.717, 1.165) is 24.1 Å². The van der Waals surface area contributed by atoms with Crippen LogP contribution in [-0.4, -0.2) is 29.3 Å². The van der Waals surface area contributed by atoms with Gasteiger partial charge in [-0.1, -0.05) is 18.2 Å². The van der Waals surface area contributed by atoms with Crippen LogP contribution in [0.25, 0.3) is 0 Å². The van der Waals surface area contributed by atoms with Crippen molar-refractivity contribution in [3.05, 3.63) is 29.8 Å². The van der Waals surface area contributed by atoms with Gasteiger partial charge in [-0.3, -0.25) is 9.59 Å². The second-order valence-electron chi connectivity index (χ2n) is 5.14. The number of carbonyl (C=O) groups excluding carboxylic acids is 2. The summed E-state index contributed by atoms with van der Waals surface area (Å²) in [7, 11) is 1.73. The molecule has 1 aliphatic rings. The Labute approximate surface area is 112 Å². The molecule has 5 nitrogen and oxygen atoms in total. The lowest BCUT2D eigenvalue weighted by molar-refractivity contribution is -0.128. The van der Waals surface area contributed by atoms with E-state index in [-0.39, 0.29) is 11.8 Å². The van der Waals surface area contributed by atoms with Gasteiger partial charge in [0.05, 0.1) is 5.54 Å². The third kappa shape index (κ3) is 3.12. The van der Waals surface area contributed by atoms with E-state index < -0.39 is 5.54 Å². The van der Waals surface area contributed by atoms with Gasteiger partial charge in [0.1, 0.15) is 0 Å². The maximum absolute atomic E-state index is 12.0. The van der Waals surface area contributed by atoms with Crippen LogP contribution in [0.5, 0.6) is 0 Å². The van der Waals surface area contributed by atoms with Gasteiger partial charge in [-0.05, 0) is 24.5 Å². The van der Waals surface area contributed by atoms with Crippen molar-refractivity contribution < 1.29 is 9.59 Å². The lowest BCUT2D eigenvalue weighted by Crippen LogP contribution is -2.38. The number of benzene rings is 1. The normalized spacial score (nSPS) is 15.7. The van der Waals surface area contributed by atoms with Crippen molar-refractivity contribution in [1.82, 2.24) is 4.90 Å². The Morgan fingerprint density at radius 3 is 2.58 bits per heavy atom. The molecule has 0 bridgehead atoms. The van der Waals surface area contributed by atoms with E-state index in [2.05, 4.69) is 5.32 Å². The molecule has 19 heavy (non-hydrogen) atoms. The van der Waals surface area contributed by atoms with Crippen molar-refractivity contribution in [2.75, 3.05) is 12.4 Å². The molecular weight excluding hydrogens is 242 g/mol. The molecule has 0 radical (unpaired) electrons. The summed E-state index contributed by atoms with van der Waals surface area (Å²) in [5, 5.41) is 2.86. The van der Waals surface area contributed by atoms with Crippen LogP contribution < -0.4 is 11.1 Å². The number of hydrogen-bond donors (Lipinski definition) is 2. The molecule has 102 valence electrons. The Morgan fingerprint density at radius 2 is 2.00 bits per heavy atom. The van der Waals surface area contributed by atoms with E-state index in [1.54, 1.807) is 11.9 Å². The lowest BCUT2D eigenvalue weighted by atomic mass is 10.1. The molecule has 0 heterocycles. The Bertz CT molecular complexity index is 509. The topological polar surface area (TPSA) is 75.4 Å². The summed E-state index contributed by atoms with van der Waals surface area (Å²) in [4.78, 5) is 24.8. The van der Waals surface area contributed by atoms with E-state index in [1.807, 2.05) is 24.3 Å². The largest absolute Gasteiger partial charge is 0.342 e. The fraction of sp³-hybridized carbons (Fsp3) is 0.429. The average molecular weight is 261 g/mol. The highest BCUT2D eigenvalue weighted by atomic mass is 16.2. The third-order valence-electron chi connectivity index (χ3n) is 3.45. The second kappa shape index (κ2) is 5.01. The number of para-hydroxylation sites is 1.